The number of rotatable bonds is 4. The van der Waals surface area contributed by atoms with Crippen LogP contribution in [0.15, 0.2) is 77.3 Å². The zero-order valence-electron chi connectivity index (χ0n) is 16.7. The molecule has 0 aliphatic carbocycles. The van der Waals surface area contributed by atoms with Crippen molar-refractivity contribution >= 4 is 79.1 Å². The van der Waals surface area contributed by atoms with Crippen molar-refractivity contribution < 1.29 is 14.4 Å². The van der Waals surface area contributed by atoms with Crippen LogP contribution >= 0.6 is 39.1 Å². The van der Waals surface area contributed by atoms with E-state index < -0.39 is 17.7 Å². The van der Waals surface area contributed by atoms with Crippen LogP contribution in [0.3, 0.4) is 0 Å². The Morgan fingerprint density at radius 2 is 1.55 bits per heavy atom. The fraction of sp³-hybridized carbons (Fsp3) is 0. The third-order valence-electron chi connectivity index (χ3n) is 4.64. The predicted molar refractivity (Wildman–Crippen MR) is 133 cm³/mol. The van der Waals surface area contributed by atoms with Crippen molar-refractivity contribution in [2.45, 2.75) is 0 Å². The van der Waals surface area contributed by atoms with Gasteiger partial charge in [-0.2, -0.15) is 0 Å². The number of hydrogen-bond acceptors (Lipinski definition) is 3. The van der Waals surface area contributed by atoms with E-state index in [0.717, 1.165) is 4.47 Å². The molecule has 0 radical (unpaired) electrons. The smallest absolute Gasteiger partial charge is 0.321 e. The molecule has 4 rings (SSSR count). The molecule has 3 aromatic carbocycles. The number of carbonyl (C=O) groups is 3. The average Bonchev–Trinajstić information content (AvgIpc) is 3.14. The van der Waals surface area contributed by atoms with E-state index in [1.807, 2.05) is 0 Å². The van der Waals surface area contributed by atoms with Crippen molar-refractivity contribution in [2.24, 2.45) is 0 Å². The van der Waals surface area contributed by atoms with E-state index in [2.05, 4.69) is 32.0 Å². The molecular formula is C23H15BrCl2N4O3. The summed E-state index contributed by atoms with van der Waals surface area (Å²) in [5.41, 5.74) is 3.92. The first-order chi connectivity index (χ1) is 15.8. The molecule has 0 saturated heterocycles. The van der Waals surface area contributed by atoms with Gasteiger partial charge in [0, 0.05) is 20.6 Å². The molecule has 0 fully saturated rings. The van der Waals surface area contributed by atoms with Gasteiger partial charge in [0.1, 0.15) is 5.69 Å². The summed E-state index contributed by atoms with van der Waals surface area (Å²) in [6.07, 6.45) is 0. The van der Waals surface area contributed by atoms with Crippen LogP contribution in [0.2, 0.25) is 10.0 Å². The summed E-state index contributed by atoms with van der Waals surface area (Å²) < 4.78 is 2.11. The molecule has 1 heterocycles. The monoisotopic (exact) mass is 544 g/mol. The van der Waals surface area contributed by atoms with Crippen molar-refractivity contribution in [3.05, 3.63) is 93.0 Å². The normalized spacial score (nSPS) is 10.6. The van der Waals surface area contributed by atoms with Crippen LogP contribution in [0.5, 0.6) is 0 Å². The van der Waals surface area contributed by atoms with Crippen molar-refractivity contribution in [3.8, 4) is 0 Å². The van der Waals surface area contributed by atoms with E-state index >= 15 is 0 Å². The number of halogens is 3. The first kappa shape index (κ1) is 22.8. The molecule has 0 saturated carbocycles. The summed E-state index contributed by atoms with van der Waals surface area (Å²) in [4.78, 5) is 38.1. The highest BCUT2D eigenvalue weighted by atomic mass is 79.9. The molecule has 3 amide bonds. The minimum absolute atomic E-state index is 0.106. The predicted octanol–water partition coefficient (Wildman–Crippen LogP) is 5.67. The standard InChI is InChI=1S/C23H15BrCl2N4O3/c24-14-5-8-16(9-6-14)27-21(31)20-12-13-11-15(25)7-10-19(13)30(20)29-23(33)22(32)28-18-4-2-1-3-17(18)26/h1-12H,(H,27,31)(H,28,32)(H,29,33). The first-order valence-corrected chi connectivity index (χ1v) is 11.1. The van der Waals surface area contributed by atoms with Crippen molar-refractivity contribution in [1.29, 1.82) is 0 Å². The third kappa shape index (κ3) is 5.19. The van der Waals surface area contributed by atoms with Gasteiger partial charge in [0.15, 0.2) is 0 Å². The molecule has 0 unspecified atom stereocenters. The topological polar surface area (TPSA) is 92.2 Å². The lowest BCUT2D eigenvalue weighted by molar-refractivity contribution is -0.133. The molecule has 7 nitrogen and oxygen atoms in total. The molecule has 10 heteroatoms. The van der Waals surface area contributed by atoms with Crippen LogP contribution in [0.1, 0.15) is 10.5 Å². The summed E-state index contributed by atoms with van der Waals surface area (Å²) in [6.45, 7) is 0. The van der Waals surface area contributed by atoms with Gasteiger partial charge in [0.05, 0.1) is 16.2 Å². The highest BCUT2D eigenvalue weighted by molar-refractivity contribution is 9.10. The maximum absolute atomic E-state index is 13.0. The van der Waals surface area contributed by atoms with Crippen molar-refractivity contribution in [1.82, 2.24) is 4.68 Å². The fourth-order valence-electron chi connectivity index (χ4n) is 3.10. The highest BCUT2D eigenvalue weighted by Crippen LogP contribution is 2.24. The second-order valence-electron chi connectivity index (χ2n) is 6.90. The van der Waals surface area contributed by atoms with Gasteiger partial charge in [0.25, 0.3) is 5.91 Å². The number of hydrogen-bond donors (Lipinski definition) is 3. The quantitative estimate of drug-likeness (QED) is 0.288. The third-order valence-corrected chi connectivity index (χ3v) is 5.73. The Balaban J connectivity index is 1.63. The van der Waals surface area contributed by atoms with Crippen molar-refractivity contribution in [3.63, 3.8) is 0 Å². The zero-order valence-corrected chi connectivity index (χ0v) is 19.8. The van der Waals surface area contributed by atoms with Gasteiger partial charge in [-0.25, -0.2) is 4.68 Å². The Kier molecular flexibility index (Phi) is 6.69. The Hall–Kier alpha value is -3.33. The second-order valence-corrected chi connectivity index (χ2v) is 8.66. The maximum Gasteiger partial charge on any atom is 0.328 e. The van der Waals surface area contributed by atoms with E-state index in [0.29, 0.717) is 21.6 Å². The number of amides is 3. The van der Waals surface area contributed by atoms with E-state index in [4.69, 9.17) is 23.2 Å². The van der Waals surface area contributed by atoms with Crippen LogP contribution in [0.25, 0.3) is 10.9 Å². The number of carbonyl (C=O) groups excluding carboxylic acids is 3. The number of anilines is 2. The van der Waals surface area contributed by atoms with Gasteiger partial charge in [-0.05, 0) is 60.7 Å². The van der Waals surface area contributed by atoms with Gasteiger partial charge in [-0.1, -0.05) is 51.3 Å². The van der Waals surface area contributed by atoms with Crippen molar-refractivity contribution in [2.75, 3.05) is 16.1 Å². The van der Waals surface area contributed by atoms with Crippen LogP contribution in [0.4, 0.5) is 11.4 Å². The zero-order chi connectivity index (χ0) is 23.5. The van der Waals surface area contributed by atoms with Gasteiger partial charge in [-0.3, -0.25) is 19.8 Å². The Morgan fingerprint density at radius 1 is 0.818 bits per heavy atom. The lowest BCUT2D eigenvalue weighted by Gasteiger charge is -2.13. The van der Waals surface area contributed by atoms with E-state index in [9.17, 15) is 14.4 Å². The molecule has 0 spiro atoms. The Bertz CT molecular complexity index is 1390. The van der Waals surface area contributed by atoms with Crippen LogP contribution < -0.4 is 16.1 Å². The molecule has 0 aliphatic rings. The number of nitrogens with one attached hydrogen (secondary N) is 3. The maximum atomic E-state index is 13.0. The van der Waals surface area contributed by atoms with Crippen LogP contribution in [0, 0.1) is 0 Å². The molecule has 166 valence electrons. The van der Waals surface area contributed by atoms with Gasteiger partial charge in [0.2, 0.25) is 0 Å². The summed E-state index contributed by atoms with van der Waals surface area (Å²) >= 11 is 15.5. The molecule has 3 N–H and O–H groups in total. The minimum Gasteiger partial charge on any atom is -0.321 e. The SMILES string of the molecule is O=C(Nc1ccccc1Cl)C(=O)Nn1c(C(=O)Nc2ccc(Br)cc2)cc2cc(Cl)ccc21. The van der Waals surface area contributed by atoms with E-state index in [1.165, 1.54) is 4.68 Å². The first-order valence-electron chi connectivity index (χ1n) is 9.56. The molecule has 0 atom stereocenters. The molecule has 4 aromatic rings. The summed E-state index contributed by atoms with van der Waals surface area (Å²) in [7, 11) is 0. The summed E-state index contributed by atoms with van der Waals surface area (Å²) in [5.74, 6) is -2.42. The number of para-hydroxylation sites is 1. The Morgan fingerprint density at radius 3 is 2.27 bits per heavy atom. The van der Waals surface area contributed by atoms with Crippen LogP contribution in [-0.4, -0.2) is 22.4 Å². The lowest BCUT2D eigenvalue weighted by atomic mass is 10.2. The molecule has 0 bridgehead atoms. The van der Waals surface area contributed by atoms with Gasteiger partial charge in [-0.15, -0.1) is 0 Å². The van der Waals surface area contributed by atoms with E-state index in [-0.39, 0.29) is 16.4 Å². The number of nitrogens with zero attached hydrogens (tertiary/aromatic N) is 1. The molecule has 33 heavy (non-hydrogen) atoms. The summed E-state index contributed by atoms with van der Waals surface area (Å²) in [5, 5.41) is 6.57. The molecular weight excluding hydrogens is 531 g/mol. The fourth-order valence-corrected chi connectivity index (χ4v) is 3.72. The molecule has 0 aliphatic heterocycles. The largest absolute Gasteiger partial charge is 0.328 e. The Labute approximate surface area is 206 Å². The van der Waals surface area contributed by atoms with E-state index in [1.54, 1.807) is 72.8 Å². The summed E-state index contributed by atoms with van der Waals surface area (Å²) in [6, 6.07) is 20.0. The average molecular weight is 546 g/mol. The lowest BCUT2D eigenvalue weighted by Crippen LogP contribution is -2.36. The number of benzene rings is 3. The minimum atomic E-state index is -0.986. The van der Waals surface area contributed by atoms with Gasteiger partial charge < -0.3 is 10.6 Å². The van der Waals surface area contributed by atoms with Crippen LogP contribution in [-0.2, 0) is 9.59 Å². The molecule has 1 aromatic heterocycles. The highest BCUT2D eigenvalue weighted by Gasteiger charge is 2.21. The number of aromatic nitrogens is 1. The number of fused-ring (bicyclic) bond motifs is 1. The second kappa shape index (κ2) is 9.66. The van der Waals surface area contributed by atoms with Gasteiger partial charge >= 0.3 is 11.8 Å².